The number of unbranched alkanes of at least 4 members (excludes halogenated alkanes) is 1. The molecule has 2 aromatic rings. The maximum Gasteiger partial charge on any atom is 0.261 e. The molecule has 1 saturated heterocycles. The highest BCUT2D eigenvalue weighted by Gasteiger charge is 2.35. The standard InChI is InChI=1S/C23H27N3O4S/c1-2-3-8-26-22(28)17-7-6-16(14-18(17)23(26)29)21(27)24-15-19(20-5-4-13-31-20)25-9-11-30-12-10-25/h4-7,13-14,19H,2-3,8-12,15H2,1H3,(H,24,27). The molecule has 8 heteroatoms. The van der Waals surface area contributed by atoms with Gasteiger partial charge in [0, 0.05) is 36.6 Å². The van der Waals surface area contributed by atoms with Crippen molar-refractivity contribution in [3.05, 3.63) is 57.3 Å². The second-order valence-electron chi connectivity index (χ2n) is 7.77. The van der Waals surface area contributed by atoms with Crippen LogP contribution in [-0.4, -0.2) is 66.9 Å². The molecule has 164 valence electrons. The minimum absolute atomic E-state index is 0.0787. The lowest BCUT2D eigenvalue weighted by molar-refractivity contribution is 0.0169. The van der Waals surface area contributed by atoms with E-state index in [-0.39, 0.29) is 23.8 Å². The summed E-state index contributed by atoms with van der Waals surface area (Å²) in [7, 11) is 0. The molecule has 31 heavy (non-hydrogen) atoms. The van der Waals surface area contributed by atoms with Crippen molar-refractivity contribution >= 4 is 29.1 Å². The van der Waals surface area contributed by atoms with E-state index in [0.717, 1.165) is 25.9 Å². The van der Waals surface area contributed by atoms with Gasteiger partial charge >= 0.3 is 0 Å². The van der Waals surface area contributed by atoms with Crippen LogP contribution in [0.4, 0.5) is 0 Å². The zero-order valence-corrected chi connectivity index (χ0v) is 18.5. The van der Waals surface area contributed by atoms with Crippen LogP contribution < -0.4 is 5.32 Å². The van der Waals surface area contributed by atoms with E-state index in [1.165, 1.54) is 9.78 Å². The molecule has 1 N–H and O–H groups in total. The Balaban J connectivity index is 1.46. The summed E-state index contributed by atoms with van der Waals surface area (Å²) >= 11 is 1.67. The predicted molar refractivity (Wildman–Crippen MR) is 119 cm³/mol. The largest absolute Gasteiger partial charge is 0.379 e. The molecule has 0 spiro atoms. The molecule has 1 aromatic carbocycles. The summed E-state index contributed by atoms with van der Waals surface area (Å²) in [5.74, 6) is -0.830. The van der Waals surface area contributed by atoms with Crippen LogP contribution in [0.2, 0.25) is 0 Å². The van der Waals surface area contributed by atoms with Gasteiger partial charge in [0.05, 0.1) is 30.4 Å². The molecule has 1 aromatic heterocycles. The van der Waals surface area contributed by atoms with Gasteiger partial charge in [-0.15, -0.1) is 11.3 Å². The molecular formula is C23H27N3O4S. The van der Waals surface area contributed by atoms with Crippen LogP contribution in [0.1, 0.15) is 61.8 Å². The van der Waals surface area contributed by atoms with Crippen molar-refractivity contribution in [2.75, 3.05) is 39.4 Å². The van der Waals surface area contributed by atoms with E-state index in [4.69, 9.17) is 4.74 Å². The maximum atomic E-state index is 12.9. The summed E-state index contributed by atoms with van der Waals surface area (Å²) in [5, 5.41) is 5.06. The third-order valence-electron chi connectivity index (χ3n) is 5.78. The molecular weight excluding hydrogens is 414 g/mol. The first-order valence-electron chi connectivity index (χ1n) is 10.7. The first kappa shape index (κ1) is 21.7. The van der Waals surface area contributed by atoms with Gasteiger partial charge < -0.3 is 10.1 Å². The number of thiophene rings is 1. The molecule has 0 saturated carbocycles. The second kappa shape index (κ2) is 9.72. The van der Waals surface area contributed by atoms with E-state index in [0.29, 0.717) is 43.0 Å². The topological polar surface area (TPSA) is 79.0 Å². The fourth-order valence-electron chi connectivity index (χ4n) is 4.02. The van der Waals surface area contributed by atoms with Gasteiger partial charge in [0.1, 0.15) is 0 Å². The number of hydrogen-bond acceptors (Lipinski definition) is 6. The Hall–Kier alpha value is -2.55. The molecule has 3 amide bonds. The highest BCUT2D eigenvalue weighted by Crippen LogP contribution is 2.27. The van der Waals surface area contributed by atoms with Crippen LogP contribution in [-0.2, 0) is 4.74 Å². The molecule has 1 atom stereocenters. The van der Waals surface area contributed by atoms with E-state index in [2.05, 4.69) is 16.3 Å². The van der Waals surface area contributed by atoms with Crippen molar-refractivity contribution in [3.63, 3.8) is 0 Å². The van der Waals surface area contributed by atoms with E-state index >= 15 is 0 Å². The average Bonchev–Trinajstić information content (AvgIpc) is 3.41. The van der Waals surface area contributed by atoms with Gasteiger partial charge in [-0.1, -0.05) is 19.4 Å². The van der Waals surface area contributed by atoms with Crippen LogP contribution in [0.5, 0.6) is 0 Å². The van der Waals surface area contributed by atoms with E-state index in [1.807, 2.05) is 18.4 Å². The highest BCUT2D eigenvalue weighted by atomic mass is 32.1. The smallest absolute Gasteiger partial charge is 0.261 e. The summed E-state index contributed by atoms with van der Waals surface area (Å²) in [4.78, 5) is 42.9. The monoisotopic (exact) mass is 441 g/mol. The Kier molecular flexibility index (Phi) is 6.80. The van der Waals surface area contributed by atoms with Crippen LogP contribution in [0, 0.1) is 0 Å². The van der Waals surface area contributed by atoms with Crippen molar-refractivity contribution in [2.24, 2.45) is 0 Å². The van der Waals surface area contributed by atoms with Gasteiger partial charge in [0.2, 0.25) is 0 Å². The van der Waals surface area contributed by atoms with Crippen LogP contribution >= 0.6 is 11.3 Å². The van der Waals surface area contributed by atoms with Gasteiger partial charge in [-0.2, -0.15) is 0 Å². The first-order chi connectivity index (χ1) is 15.1. The zero-order chi connectivity index (χ0) is 21.8. The lowest BCUT2D eigenvalue weighted by atomic mass is 10.1. The Morgan fingerprint density at radius 2 is 1.94 bits per heavy atom. The fraction of sp³-hybridized carbons (Fsp3) is 0.435. The second-order valence-corrected chi connectivity index (χ2v) is 8.74. The number of benzene rings is 1. The van der Waals surface area contributed by atoms with Gasteiger partial charge in [-0.25, -0.2) is 0 Å². The SMILES string of the molecule is CCCCN1C(=O)c2ccc(C(=O)NCC(c3cccs3)N3CCOCC3)cc2C1=O. The number of rotatable bonds is 8. The summed E-state index contributed by atoms with van der Waals surface area (Å²) < 4.78 is 5.47. The van der Waals surface area contributed by atoms with Gasteiger partial charge in [-0.3, -0.25) is 24.2 Å². The number of nitrogens with zero attached hydrogens (tertiary/aromatic N) is 2. The molecule has 4 rings (SSSR count). The fourth-order valence-corrected chi connectivity index (χ4v) is 4.88. The maximum absolute atomic E-state index is 12.9. The van der Waals surface area contributed by atoms with Crippen LogP contribution in [0.25, 0.3) is 0 Å². The van der Waals surface area contributed by atoms with Crippen molar-refractivity contribution in [3.8, 4) is 0 Å². The Morgan fingerprint density at radius 3 is 2.65 bits per heavy atom. The Labute approximate surface area is 186 Å². The first-order valence-corrected chi connectivity index (χ1v) is 11.6. The molecule has 1 unspecified atom stereocenters. The van der Waals surface area contributed by atoms with E-state index in [9.17, 15) is 14.4 Å². The molecule has 2 aliphatic rings. The van der Waals surface area contributed by atoms with E-state index < -0.39 is 0 Å². The Bertz CT molecular complexity index is 954. The minimum atomic E-state index is -0.312. The van der Waals surface area contributed by atoms with Gasteiger partial charge in [0.25, 0.3) is 17.7 Å². The average molecular weight is 442 g/mol. The number of ether oxygens (including phenoxy) is 1. The third-order valence-corrected chi connectivity index (χ3v) is 6.76. The molecule has 7 nitrogen and oxygen atoms in total. The molecule has 1 fully saturated rings. The Morgan fingerprint density at radius 1 is 1.16 bits per heavy atom. The molecule has 0 aliphatic carbocycles. The minimum Gasteiger partial charge on any atom is -0.379 e. The molecule has 0 radical (unpaired) electrons. The number of carbonyl (C=O) groups is 3. The van der Waals surface area contributed by atoms with Crippen molar-refractivity contribution in [1.82, 2.24) is 15.1 Å². The summed E-state index contributed by atoms with van der Waals surface area (Å²) in [6, 6.07) is 8.94. The van der Waals surface area contributed by atoms with Crippen molar-refractivity contribution < 1.29 is 19.1 Å². The number of carbonyl (C=O) groups excluding carboxylic acids is 3. The molecule has 0 bridgehead atoms. The normalized spacial score (nSPS) is 17.6. The number of morpholine rings is 1. The number of fused-ring (bicyclic) bond motifs is 1. The van der Waals surface area contributed by atoms with Gasteiger partial charge in [0.15, 0.2) is 0 Å². The van der Waals surface area contributed by atoms with Gasteiger partial charge in [-0.05, 0) is 36.1 Å². The molecule has 2 aliphatic heterocycles. The lowest BCUT2D eigenvalue weighted by Crippen LogP contribution is -2.43. The number of nitrogens with one attached hydrogen (secondary N) is 1. The zero-order valence-electron chi connectivity index (χ0n) is 17.6. The van der Waals surface area contributed by atoms with E-state index in [1.54, 1.807) is 29.5 Å². The number of hydrogen-bond donors (Lipinski definition) is 1. The predicted octanol–water partition coefficient (Wildman–Crippen LogP) is 2.95. The lowest BCUT2D eigenvalue weighted by Gasteiger charge is -2.34. The van der Waals surface area contributed by atoms with Crippen molar-refractivity contribution in [2.45, 2.75) is 25.8 Å². The number of amides is 3. The molecule has 3 heterocycles. The third kappa shape index (κ3) is 4.56. The summed E-state index contributed by atoms with van der Waals surface area (Å²) in [5.41, 5.74) is 1.09. The van der Waals surface area contributed by atoms with Crippen LogP contribution in [0.3, 0.4) is 0 Å². The summed E-state index contributed by atoms with van der Waals surface area (Å²) in [6.45, 7) is 5.90. The summed E-state index contributed by atoms with van der Waals surface area (Å²) in [6.07, 6.45) is 1.67. The van der Waals surface area contributed by atoms with Crippen molar-refractivity contribution in [1.29, 1.82) is 0 Å². The highest BCUT2D eigenvalue weighted by molar-refractivity contribution is 7.10. The van der Waals surface area contributed by atoms with Crippen LogP contribution in [0.15, 0.2) is 35.7 Å². The number of imide groups is 1. The quantitative estimate of drug-likeness (QED) is 0.638.